The number of methoxy groups -OCH3 is 2. The van der Waals surface area contributed by atoms with Crippen molar-refractivity contribution in [2.24, 2.45) is 0 Å². The topological polar surface area (TPSA) is 54.0 Å². The summed E-state index contributed by atoms with van der Waals surface area (Å²) in [6.07, 6.45) is 0.933. The second-order valence-electron chi connectivity index (χ2n) is 4.16. The van der Waals surface area contributed by atoms with Gasteiger partial charge in [-0.15, -0.1) is 0 Å². The SMILES string of the molecule is CO[C@@]1(C)OC(=O)[C@@H](CCCI)O[C@]1(C)OC. The first-order valence-corrected chi connectivity index (χ1v) is 7.02. The molecule has 0 aromatic heterocycles. The molecule has 1 fully saturated rings. The zero-order valence-electron chi connectivity index (χ0n) is 10.6. The number of hydrogen-bond donors (Lipinski definition) is 0. The Balaban J connectivity index is 2.84. The van der Waals surface area contributed by atoms with Gasteiger partial charge in [0.25, 0.3) is 5.79 Å². The Morgan fingerprint density at radius 3 is 2.35 bits per heavy atom. The highest BCUT2D eigenvalue weighted by atomic mass is 127. The Kier molecular flexibility index (Phi) is 5.18. The van der Waals surface area contributed by atoms with Gasteiger partial charge in [-0.2, -0.15) is 0 Å². The van der Waals surface area contributed by atoms with Gasteiger partial charge in [-0.3, -0.25) is 0 Å². The first-order valence-electron chi connectivity index (χ1n) is 5.49. The molecule has 5 nitrogen and oxygen atoms in total. The molecule has 0 aromatic rings. The van der Waals surface area contributed by atoms with Gasteiger partial charge < -0.3 is 18.9 Å². The molecule has 3 atom stereocenters. The van der Waals surface area contributed by atoms with E-state index in [1.807, 2.05) is 0 Å². The average Bonchev–Trinajstić information content (AvgIpc) is 2.32. The van der Waals surface area contributed by atoms with Crippen LogP contribution in [0.15, 0.2) is 0 Å². The van der Waals surface area contributed by atoms with Crippen molar-refractivity contribution < 1.29 is 23.7 Å². The third-order valence-corrected chi connectivity index (χ3v) is 3.89. The van der Waals surface area contributed by atoms with Gasteiger partial charge in [0, 0.05) is 21.1 Å². The van der Waals surface area contributed by atoms with Gasteiger partial charge in [0.1, 0.15) is 0 Å². The van der Waals surface area contributed by atoms with Gasteiger partial charge in [-0.25, -0.2) is 4.79 Å². The summed E-state index contributed by atoms with van der Waals surface area (Å²) < 4.78 is 22.5. The number of rotatable bonds is 5. The number of alkyl halides is 1. The van der Waals surface area contributed by atoms with Gasteiger partial charge in [-0.05, 0) is 24.2 Å². The predicted octanol–water partition coefficient (Wildman–Crippen LogP) is 1.87. The first kappa shape index (κ1) is 15.1. The van der Waals surface area contributed by atoms with E-state index in [0.29, 0.717) is 6.42 Å². The minimum Gasteiger partial charge on any atom is -0.425 e. The zero-order valence-corrected chi connectivity index (χ0v) is 12.8. The third kappa shape index (κ3) is 2.91. The van der Waals surface area contributed by atoms with Crippen molar-refractivity contribution in [3.8, 4) is 0 Å². The Bertz CT molecular complexity index is 285. The van der Waals surface area contributed by atoms with Gasteiger partial charge in [0.2, 0.25) is 5.79 Å². The van der Waals surface area contributed by atoms with Crippen LogP contribution < -0.4 is 0 Å². The van der Waals surface area contributed by atoms with Crippen molar-refractivity contribution >= 4 is 28.6 Å². The lowest BCUT2D eigenvalue weighted by atomic mass is 10.1. The van der Waals surface area contributed by atoms with E-state index in [1.165, 1.54) is 14.2 Å². The highest BCUT2D eigenvalue weighted by Crippen LogP contribution is 2.37. The molecule has 0 aliphatic carbocycles. The first-order chi connectivity index (χ1) is 7.92. The summed E-state index contributed by atoms with van der Waals surface area (Å²) >= 11 is 2.26. The molecule has 0 saturated carbocycles. The summed E-state index contributed by atoms with van der Waals surface area (Å²) in [6.45, 7) is 3.34. The van der Waals surface area contributed by atoms with Gasteiger partial charge in [-0.1, -0.05) is 22.6 Å². The number of carbonyl (C=O) groups is 1. The van der Waals surface area contributed by atoms with Crippen LogP contribution in [0.5, 0.6) is 0 Å². The van der Waals surface area contributed by atoms with E-state index >= 15 is 0 Å². The molecule has 0 spiro atoms. The minimum absolute atomic E-state index is 0.395. The van der Waals surface area contributed by atoms with Gasteiger partial charge >= 0.3 is 5.97 Å². The van der Waals surface area contributed by atoms with E-state index in [-0.39, 0.29) is 0 Å². The van der Waals surface area contributed by atoms with E-state index in [0.717, 1.165) is 10.8 Å². The molecule has 0 bridgehead atoms. The second kappa shape index (κ2) is 5.81. The summed E-state index contributed by atoms with van der Waals surface area (Å²) in [5, 5.41) is 0. The number of halogens is 1. The van der Waals surface area contributed by atoms with Crippen molar-refractivity contribution in [2.45, 2.75) is 44.4 Å². The summed E-state index contributed by atoms with van der Waals surface area (Å²) in [5.74, 6) is -2.71. The maximum absolute atomic E-state index is 11.8. The molecule has 1 rings (SSSR count). The Morgan fingerprint density at radius 1 is 1.29 bits per heavy atom. The molecule has 100 valence electrons. The molecule has 1 aliphatic heterocycles. The smallest absolute Gasteiger partial charge is 0.338 e. The molecule has 0 amide bonds. The Hall–Kier alpha value is 0.0800. The van der Waals surface area contributed by atoms with E-state index in [4.69, 9.17) is 18.9 Å². The van der Waals surface area contributed by atoms with E-state index in [1.54, 1.807) is 13.8 Å². The average molecular weight is 358 g/mol. The summed E-state index contributed by atoms with van der Waals surface area (Å²) in [7, 11) is 2.96. The largest absolute Gasteiger partial charge is 0.425 e. The monoisotopic (exact) mass is 358 g/mol. The molecule has 0 N–H and O–H groups in total. The van der Waals surface area contributed by atoms with Gasteiger partial charge in [0.15, 0.2) is 6.10 Å². The standard InChI is InChI=1S/C11H19IO5/c1-10(14-3)11(2,15-4)17-9(13)8(16-10)6-5-7-12/h8H,5-7H2,1-4H3/t8-,10+,11+/m1/s1. The van der Waals surface area contributed by atoms with Crippen LogP contribution in [0.25, 0.3) is 0 Å². The maximum atomic E-state index is 11.8. The fourth-order valence-corrected chi connectivity index (χ4v) is 2.12. The second-order valence-corrected chi connectivity index (χ2v) is 5.24. The van der Waals surface area contributed by atoms with Crippen LogP contribution in [-0.2, 0) is 23.7 Å². The van der Waals surface area contributed by atoms with Crippen molar-refractivity contribution in [1.29, 1.82) is 0 Å². The summed E-state index contributed by atoms with van der Waals surface area (Å²) in [6, 6.07) is 0. The molecular formula is C11H19IO5. The highest BCUT2D eigenvalue weighted by molar-refractivity contribution is 14.1. The summed E-state index contributed by atoms with van der Waals surface area (Å²) in [5.41, 5.74) is 0. The molecule has 0 radical (unpaired) electrons. The molecule has 1 saturated heterocycles. The van der Waals surface area contributed by atoms with E-state index in [9.17, 15) is 4.79 Å². The number of cyclic esters (lactones) is 1. The predicted molar refractivity (Wildman–Crippen MR) is 69.9 cm³/mol. The molecule has 6 heteroatoms. The van der Waals surface area contributed by atoms with Crippen LogP contribution in [0.3, 0.4) is 0 Å². The number of esters is 1. The van der Waals surface area contributed by atoms with E-state index < -0.39 is 23.6 Å². The Morgan fingerprint density at radius 2 is 1.88 bits per heavy atom. The fraction of sp³-hybridized carbons (Fsp3) is 0.909. The zero-order chi connectivity index (χ0) is 13.1. The van der Waals surface area contributed by atoms with Crippen molar-refractivity contribution in [2.75, 3.05) is 18.6 Å². The fourth-order valence-electron chi connectivity index (χ4n) is 1.68. The van der Waals surface area contributed by atoms with Crippen LogP contribution >= 0.6 is 22.6 Å². The van der Waals surface area contributed by atoms with Crippen molar-refractivity contribution in [3.05, 3.63) is 0 Å². The van der Waals surface area contributed by atoms with Crippen LogP contribution in [0.4, 0.5) is 0 Å². The number of ether oxygens (including phenoxy) is 4. The minimum atomic E-state index is -1.22. The maximum Gasteiger partial charge on any atom is 0.338 e. The quantitative estimate of drug-likeness (QED) is 0.427. The van der Waals surface area contributed by atoms with E-state index in [2.05, 4.69) is 22.6 Å². The highest BCUT2D eigenvalue weighted by Gasteiger charge is 2.57. The Labute approximate surface area is 115 Å². The molecule has 17 heavy (non-hydrogen) atoms. The summed E-state index contributed by atoms with van der Waals surface area (Å²) in [4.78, 5) is 11.8. The van der Waals surface area contributed by atoms with Crippen LogP contribution in [-0.4, -0.2) is 42.3 Å². The molecule has 0 unspecified atom stereocenters. The van der Waals surface area contributed by atoms with Crippen LogP contribution in [0.1, 0.15) is 26.7 Å². The lowest BCUT2D eigenvalue weighted by molar-refractivity contribution is -0.405. The van der Waals surface area contributed by atoms with Crippen LogP contribution in [0.2, 0.25) is 0 Å². The lowest BCUT2D eigenvalue weighted by Crippen LogP contribution is -2.64. The van der Waals surface area contributed by atoms with Gasteiger partial charge in [0.05, 0.1) is 0 Å². The molecular weight excluding hydrogens is 339 g/mol. The third-order valence-electron chi connectivity index (χ3n) is 3.13. The van der Waals surface area contributed by atoms with Crippen molar-refractivity contribution in [3.63, 3.8) is 0 Å². The number of carbonyl (C=O) groups excluding carboxylic acids is 1. The van der Waals surface area contributed by atoms with Crippen molar-refractivity contribution in [1.82, 2.24) is 0 Å². The molecule has 0 aromatic carbocycles. The van der Waals surface area contributed by atoms with Crippen LogP contribution in [0, 0.1) is 0 Å². The molecule has 1 aliphatic rings. The normalized spacial score (nSPS) is 37.9. The lowest BCUT2D eigenvalue weighted by Gasteiger charge is -2.47. The number of hydrogen-bond acceptors (Lipinski definition) is 5. The molecule has 1 heterocycles.